The zero-order chi connectivity index (χ0) is 17.4. The molecule has 0 saturated heterocycles. The van der Waals surface area contributed by atoms with Crippen molar-refractivity contribution < 1.29 is 14.5 Å². The fourth-order valence-corrected chi connectivity index (χ4v) is 2.18. The highest BCUT2D eigenvalue weighted by molar-refractivity contribution is 7.98. The monoisotopic (exact) mass is 345 g/mol. The lowest BCUT2D eigenvalue weighted by Crippen LogP contribution is -2.24. The van der Waals surface area contributed by atoms with Crippen molar-refractivity contribution >= 4 is 29.6 Å². The molecule has 2 aromatic rings. The number of nitro benzene ring substituents is 1. The van der Waals surface area contributed by atoms with Crippen LogP contribution in [0, 0.1) is 10.1 Å². The van der Waals surface area contributed by atoms with Crippen molar-refractivity contribution in [3.8, 4) is 5.75 Å². The van der Waals surface area contributed by atoms with Crippen molar-refractivity contribution in [1.82, 2.24) is 5.43 Å². The number of ether oxygens (including phenoxy) is 1. The topological polar surface area (TPSA) is 93.8 Å². The molecule has 2 aromatic carbocycles. The first-order valence-electron chi connectivity index (χ1n) is 6.92. The minimum Gasteiger partial charge on any atom is -0.477 e. The Kier molecular flexibility index (Phi) is 6.32. The van der Waals surface area contributed by atoms with Gasteiger partial charge in [-0.15, -0.1) is 11.8 Å². The molecule has 0 atom stereocenters. The Hall–Kier alpha value is -2.87. The van der Waals surface area contributed by atoms with E-state index in [2.05, 4.69) is 10.5 Å². The normalized spacial score (nSPS) is 10.5. The second kappa shape index (κ2) is 8.68. The van der Waals surface area contributed by atoms with E-state index in [1.807, 2.05) is 30.5 Å². The van der Waals surface area contributed by atoms with Gasteiger partial charge in [-0.1, -0.05) is 24.3 Å². The van der Waals surface area contributed by atoms with Crippen molar-refractivity contribution in [2.24, 2.45) is 5.10 Å². The number of nitro groups is 1. The summed E-state index contributed by atoms with van der Waals surface area (Å²) in [7, 11) is 0. The summed E-state index contributed by atoms with van der Waals surface area (Å²) in [4.78, 5) is 23.1. The molecule has 0 fully saturated rings. The summed E-state index contributed by atoms with van der Waals surface area (Å²) in [6.45, 7) is -0.367. The van der Waals surface area contributed by atoms with Crippen LogP contribution in [0.5, 0.6) is 5.75 Å². The average molecular weight is 345 g/mol. The van der Waals surface area contributed by atoms with E-state index >= 15 is 0 Å². The van der Waals surface area contributed by atoms with Crippen LogP contribution in [-0.2, 0) is 4.79 Å². The van der Waals surface area contributed by atoms with Crippen molar-refractivity contribution in [1.29, 1.82) is 0 Å². The minimum atomic E-state index is -0.566. The number of benzene rings is 2. The first kappa shape index (κ1) is 17.5. The van der Waals surface area contributed by atoms with Crippen molar-refractivity contribution in [2.75, 3.05) is 12.9 Å². The van der Waals surface area contributed by atoms with Crippen molar-refractivity contribution in [3.05, 3.63) is 64.2 Å². The number of carbonyl (C=O) groups is 1. The third-order valence-electron chi connectivity index (χ3n) is 2.94. The zero-order valence-corrected chi connectivity index (χ0v) is 13.7. The van der Waals surface area contributed by atoms with Crippen molar-refractivity contribution in [2.45, 2.75) is 4.90 Å². The van der Waals surface area contributed by atoms with Gasteiger partial charge in [0, 0.05) is 11.0 Å². The number of hydrogen-bond donors (Lipinski definition) is 1. The first-order chi connectivity index (χ1) is 11.6. The Labute approximate surface area is 142 Å². The third kappa shape index (κ3) is 5.10. The average Bonchev–Trinajstić information content (AvgIpc) is 2.60. The van der Waals surface area contributed by atoms with Crippen LogP contribution < -0.4 is 10.2 Å². The maximum atomic E-state index is 11.7. The number of thioether (sulfide) groups is 1. The largest absolute Gasteiger partial charge is 0.477 e. The van der Waals surface area contributed by atoms with E-state index in [1.54, 1.807) is 17.8 Å². The number of hydrazone groups is 1. The first-order valence-corrected chi connectivity index (χ1v) is 8.15. The van der Waals surface area contributed by atoms with E-state index in [1.165, 1.54) is 24.4 Å². The lowest BCUT2D eigenvalue weighted by Gasteiger charge is -2.05. The van der Waals surface area contributed by atoms with Gasteiger partial charge in [-0.2, -0.15) is 5.10 Å². The molecule has 0 aliphatic carbocycles. The lowest BCUT2D eigenvalue weighted by molar-refractivity contribution is -0.385. The summed E-state index contributed by atoms with van der Waals surface area (Å²) in [6, 6.07) is 13.5. The molecule has 1 amide bonds. The number of rotatable bonds is 7. The molecule has 7 nitrogen and oxygen atoms in total. The molecule has 0 saturated carbocycles. The third-order valence-corrected chi connectivity index (χ3v) is 3.68. The number of para-hydroxylation sites is 2. The number of nitrogens with zero attached hydrogens (tertiary/aromatic N) is 2. The van der Waals surface area contributed by atoms with Gasteiger partial charge in [0.15, 0.2) is 12.4 Å². The maximum absolute atomic E-state index is 11.7. The van der Waals surface area contributed by atoms with Gasteiger partial charge in [-0.05, 0) is 30.0 Å². The summed E-state index contributed by atoms with van der Waals surface area (Å²) in [5, 5.41) is 14.7. The lowest BCUT2D eigenvalue weighted by atomic mass is 10.2. The van der Waals surface area contributed by atoms with Gasteiger partial charge in [0.1, 0.15) is 0 Å². The molecule has 24 heavy (non-hydrogen) atoms. The molecule has 0 radical (unpaired) electrons. The van der Waals surface area contributed by atoms with Gasteiger partial charge in [-0.25, -0.2) is 5.43 Å². The molecular formula is C16H15N3O4S. The van der Waals surface area contributed by atoms with E-state index < -0.39 is 10.8 Å². The van der Waals surface area contributed by atoms with Crippen LogP contribution in [0.15, 0.2) is 58.5 Å². The maximum Gasteiger partial charge on any atom is 0.310 e. The Morgan fingerprint density at radius 1 is 1.29 bits per heavy atom. The molecule has 0 spiro atoms. The quantitative estimate of drug-likeness (QED) is 0.360. The molecule has 0 aromatic heterocycles. The fourth-order valence-electron chi connectivity index (χ4n) is 1.77. The number of nitrogens with one attached hydrogen (secondary N) is 1. The number of amides is 1. The summed E-state index contributed by atoms with van der Waals surface area (Å²) < 4.78 is 5.16. The SMILES string of the molecule is CSc1ccc(C=NNC(=O)COc2ccccc2[N+](=O)[O-])cc1. The number of hydrogen-bond acceptors (Lipinski definition) is 6. The summed E-state index contributed by atoms with van der Waals surface area (Å²) >= 11 is 1.64. The fraction of sp³-hybridized carbons (Fsp3) is 0.125. The molecule has 8 heteroatoms. The van der Waals surface area contributed by atoms with Gasteiger partial charge in [-0.3, -0.25) is 14.9 Å². The predicted molar refractivity (Wildman–Crippen MR) is 92.6 cm³/mol. The Morgan fingerprint density at radius 2 is 2.00 bits per heavy atom. The van der Waals surface area contributed by atoms with Crippen LogP contribution in [0.25, 0.3) is 0 Å². The summed E-state index contributed by atoms with van der Waals surface area (Å²) in [5.41, 5.74) is 2.96. The molecule has 0 aliphatic heterocycles. The summed E-state index contributed by atoms with van der Waals surface area (Å²) in [5.74, 6) is -0.473. The molecule has 0 aliphatic rings. The van der Waals surface area contributed by atoms with Crippen LogP contribution in [0.1, 0.15) is 5.56 Å². The molecule has 0 heterocycles. The second-order valence-electron chi connectivity index (χ2n) is 4.58. The highest BCUT2D eigenvalue weighted by Gasteiger charge is 2.14. The van der Waals surface area contributed by atoms with E-state index in [9.17, 15) is 14.9 Å². The van der Waals surface area contributed by atoms with Crippen LogP contribution in [0.4, 0.5) is 5.69 Å². The van der Waals surface area contributed by atoms with Crippen LogP contribution >= 0.6 is 11.8 Å². The van der Waals surface area contributed by atoms with Crippen molar-refractivity contribution in [3.63, 3.8) is 0 Å². The zero-order valence-electron chi connectivity index (χ0n) is 12.8. The van der Waals surface area contributed by atoms with E-state index in [0.29, 0.717) is 0 Å². The Balaban J connectivity index is 1.85. The highest BCUT2D eigenvalue weighted by Crippen LogP contribution is 2.25. The van der Waals surface area contributed by atoms with E-state index in [4.69, 9.17) is 4.74 Å². The Morgan fingerprint density at radius 3 is 2.67 bits per heavy atom. The van der Waals surface area contributed by atoms with Gasteiger partial charge in [0.2, 0.25) is 0 Å². The van der Waals surface area contributed by atoms with E-state index in [-0.39, 0.29) is 18.0 Å². The predicted octanol–water partition coefficient (Wildman–Crippen LogP) is 2.85. The summed E-state index contributed by atoms with van der Waals surface area (Å²) in [6.07, 6.45) is 3.49. The van der Waals surface area contributed by atoms with Crippen LogP contribution in [0.3, 0.4) is 0 Å². The van der Waals surface area contributed by atoms with Crippen LogP contribution in [0.2, 0.25) is 0 Å². The molecule has 124 valence electrons. The highest BCUT2D eigenvalue weighted by atomic mass is 32.2. The number of carbonyl (C=O) groups excluding carboxylic acids is 1. The molecule has 1 N–H and O–H groups in total. The standard InChI is InChI=1S/C16H15N3O4S/c1-24-13-8-6-12(7-9-13)10-17-18-16(20)11-23-15-5-3-2-4-14(15)19(21)22/h2-10H,11H2,1H3,(H,18,20). The van der Waals surface area contributed by atoms with E-state index in [0.717, 1.165) is 10.5 Å². The Bertz CT molecular complexity index is 747. The molecule has 2 rings (SSSR count). The molecule has 0 unspecified atom stereocenters. The smallest absolute Gasteiger partial charge is 0.310 e. The van der Waals surface area contributed by atoms with Gasteiger partial charge >= 0.3 is 5.69 Å². The second-order valence-corrected chi connectivity index (χ2v) is 5.46. The van der Waals surface area contributed by atoms with Gasteiger partial charge in [0.05, 0.1) is 11.1 Å². The van der Waals surface area contributed by atoms with Crippen LogP contribution in [-0.4, -0.2) is 29.9 Å². The van der Waals surface area contributed by atoms with Gasteiger partial charge < -0.3 is 4.74 Å². The van der Waals surface area contributed by atoms with Gasteiger partial charge in [0.25, 0.3) is 5.91 Å². The molecular weight excluding hydrogens is 330 g/mol. The minimum absolute atomic E-state index is 0.0364. The molecule has 0 bridgehead atoms.